The molecule has 0 amide bonds. The van der Waals surface area contributed by atoms with Crippen LogP contribution in [0.1, 0.15) is 57.9 Å². The number of aliphatic hydroxyl groups is 1. The quantitative estimate of drug-likeness (QED) is 0.317. The van der Waals surface area contributed by atoms with Gasteiger partial charge in [0.15, 0.2) is 0 Å². The van der Waals surface area contributed by atoms with E-state index in [1.54, 1.807) is 6.07 Å². The summed E-state index contributed by atoms with van der Waals surface area (Å²) in [6.07, 6.45) is 2.82. The Bertz CT molecular complexity index is 1300. The van der Waals surface area contributed by atoms with E-state index < -0.39 is 16.4 Å². The lowest BCUT2D eigenvalue weighted by molar-refractivity contribution is -0.0775. The van der Waals surface area contributed by atoms with Crippen LogP contribution < -0.4 is 0 Å². The summed E-state index contributed by atoms with van der Waals surface area (Å²) in [5.74, 6) is -0.245. The molecule has 2 N–H and O–H groups in total. The Labute approximate surface area is 202 Å². The van der Waals surface area contributed by atoms with Crippen LogP contribution in [0.15, 0.2) is 66.9 Å². The van der Waals surface area contributed by atoms with Crippen LogP contribution >= 0.6 is 0 Å². The topological polar surface area (TPSA) is 48.9 Å². The van der Waals surface area contributed by atoms with E-state index >= 15 is 0 Å². The van der Waals surface area contributed by atoms with Gasteiger partial charge < -0.3 is 10.1 Å². The second kappa shape index (κ2) is 8.66. The maximum Gasteiger partial charge on any atom is 0.123 e. The van der Waals surface area contributed by atoms with E-state index in [9.17, 15) is 9.50 Å². The minimum absolute atomic E-state index is 0.245. The number of aromatic nitrogens is 2. The first-order valence-corrected chi connectivity index (χ1v) is 11.9. The fraction of sp³-hybridized carbons (Fsp3) is 0.367. The van der Waals surface area contributed by atoms with Gasteiger partial charge in [-0.05, 0) is 59.6 Å². The first kappa shape index (κ1) is 24.2. The molecule has 34 heavy (non-hydrogen) atoms. The predicted molar refractivity (Wildman–Crippen MR) is 138 cm³/mol. The van der Waals surface area contributed by atoms with Crippen LogP contribution in [-0.2, 0) is 11.8 Å². The Morgan fingerprint density at radius 3 is 2.32 bits per heavy atom. The summed E-state index contributed by atoms with van der Waals surface area (Å²) in [4.78, 5) is 8.09. The summed E-state index contributed by atoms with van der Waals surface area (Å²) in [5.41, 5.74) is 4.05. The standard InChI is InChI=1S/C30H35FN2O/c1-20-12-13-23(31)16-25(20)29(5,6)19-30(34,28(2,3)4)17-24-14-22-15-26(32-18-27(22)33-24)21-10-8-7-9-11-21/h7-16,18,33-34H,17,19H2,1-6H3. The third-order valence-corrected chi connectivity index (χ3v) is 7.17. The van der Waals surface area contributed by atoms with Gasteiger partial charge in [0.1, 0.15) is 5.82 Å². The summed E-state index contributed by atoms with van der Waals surface area (Å²) in [5, 5.41) is 13.2. The maximum atomic E-state index is 14.1. The second-order valence-electron chi connectivity index (χ2n) is 11.3. The minimum atomic E-state index is -1.02. The largest absolute Gasteiger partial charge is 0.389 e. The number of halogens is 1. The molecule has 1 unspecified atom stereocenters. The smallest absolute Gasteiger partial charge is 0.123 e. The molecule has 0 spiro atoms. The van der Waals surface area contributed by atoms with Crippen molar-refractivity contribution in [3.63, 3.8) is 0 Å². The fourth-order valence-electron chi connectivity index (χ4n) is 5.01. The zero-order chi connectivity index (χ0) is 24.7. The average molecular weight is 459 g/mol. The Kier molecular flexibility index (Phi) is 6.15. The Hall–Kier alpha value is -2.98. The summed E-state index contributed by atoms with van der Waals surface area (Å²) >= 11 is 0. The van der Waals surface area contributed by atoms with Gasteiger partial charge in [0, 0.05) is 23.1 Å². The van der Waals surface area contributed by atoms with Crippen molar-refractivity contribution in [2.75, 3.05) is 0 Å². The van der Waals surface area contributed by atoms with Crippen molar-refractivity contribution in [2.24, 2.45) is 5.41 Å². The SMILES string of the molecule is Cc1ccc(F)cc1C(C)(C)CC(O)(Cc1cc2cc(-c3ccccc3)ncc2[nH]1)C(C)(C)C. The van der Waals surface area contributed by atoms with Crippen LogP contribution in [0.3, 0.4) is 0 Å². The molecule has 178 valence electrons. The number of hydrogen-bond acceptors (Lipinski definition) is 2. The molecular weight excluding hydrogens is 423 g/mol. The van der Waals surface area contributed by atoms with E-state index in [1.165, 1.54) is 6.07 Å². The number of aryl methyl sites for hydroxylation is 1. The number of fused-ring (bicyclic) bond motifs is 1. The molecule has 2 aromatic carbocycles. The summed E-state index contributed by atoms with van der Waals surface area (Å²) in [6, 6.07) is 19.2. The Balaban J connectivity index is 1.67. The van der Waals surface area contributed by atoms with Crippen molar-refractivity contribution < 1.29 is 9.50 Å². The molecule has 1 atom stereocenters. The highest BCUT2D eigenvalue weighted by molar-refractivity contribution is 5.83. The number of aromatic amines is 1. The molecule has 4 heteroatoms. The molecule has 2 heterocycles. The van der Waals surface area contributed by atoms with Gasteiger partial charge in [-0.2, -0.15) is 0 Å². The Morgan fingerprint density at radius 1 is 0.941 bits per heavy atom. The minimum Gasteiger partial charge on any atom is -0.389 e. The molecule has 4 aromatic rings. The number of rotatable bonds is 6. The Morgan fingerprint density at radius 2 is 1.65 bits per heavy atom. The van der Waals surface area contributed by atoms with Crippen LogP contribution in [-0.4, -0.2) is 20.7 Å². The van der Waals surface area contributed by atoms with Crippen LogP contribution in [0.2, 0.25) is 0 Å². The number of nitrogens with zero attached hydrogens (tertiary/aromatic N) is 1. The van der Waals surface area contributed by atoms with Gasteiger partial charge >= 0.3 is 0 Å². The predicted octanol–water partition coefficient (Wildman–Crippen LogP) is 7.37. The van der Waals surface area contributed by atoms with Crippen LogP contribution in [0.5, 0.6) is 0 Å². The number of hydrogen-bond donors (Lipinski definition) is 2. The first-order chi connectivity index (χ1) is 15.9. The maximum absolute atomic E-state index is 14.1. The molecule has 0 aliphatic rings. The molecule has 0 aliphatic heterocycles. The molecule has 0 radical (unpaired) electrons. The number of H-pyrrole nitrogens is 1. The van der Waals surface area contributed by atoms with Gasteiger partial charge in [0.2, 0.25) is 0 Å². The molecule has 4 rings (SSSR count). The third-order valence-electron chi connectivity index (χ3n) is 7.17. The molecule has 0 aliphatic carbocycles. The second-order valence-corrected chi connectivity index (χ2v) is 11.3. The number of benzene rings is 2. The molecule has 0 fully saturated rings. The molecular formula is C30H35FN2O. The fourth-order valence-corrected chi connectivity index (χ4v) is 5.01. The van der Waals surface area contributed by atoms with E-state index in [1.807, 2.05) is 37.4 Å². The van der Waals surface area contributed by atoms with E-state index in [0.717, 1.165) is 39.0 Å². The van der Waals surface area contributed by atoms with Crippen molar-refractivity contribution in [3.8, 4) is 11.3 Å². The zero-order valence-electron chi connectivity index (χ0n) is 21.0. The molecule has 0 saturated carbocycles. The van der Waals surface area contributed by atoms with Crippen molar-refractivity contribution in [1.29, 1.82) is 0 Å². The average Bonchev–Trinajstić information content (AvgIpc) is 3.15. The van der Waals surface area contributed by atoms with Crippen molar-refractivity contribution >= 4 is 10.9 Å². The van der Waals surface area contributed by atoms with Crippen molar-refractivity contribution in [3.05, 3.63) is 89.5 Å². The third kappa shape index (κ3) is 4.78. The van der Waals surface area contributed by atoms with E-state index in [-0.39, 0.29) is 5.82 Å². The summed E-state index contributed by atoms with van der Waals surface area (Å²) in [7, 11) is 0. The molecule has 3 nitrogen and oxygen atoms in total. The number of nitrogens with one attached hydrogen (secondary N) is 1. The van der Waals surface area contributed by atoms with Crippen molar-refractivity contribution in [1.82, 2.24) is 9.97 Å². The monoisotopic (exact) mass is 458 g/mol. The normalized spacial score (nSPS) is 14.4. The summed E-state index contributed by atoms with van der Waals surface area (Å²) < 4.78 is 14.1. The van der Waals surface area contributed by atoms with Gasteiger partial charge in [0.25, 0.3) is 0 Å². The lowest BCUT2D eigenvalue weighted by atomic mass is 9.64. The van der Waals surface area contributed by atoms with E-state index in [4.69, 9.17) is 0 Å². The van der Waals surface area contributed by atoms with E-state index in [2.05, 4.69) is 68.9 Å². The van der Waals surface area contributed by atoms with Crippen LogP contribution in [0.25, 0.3) is 22.2 Å². The highest BCUT2D eigenvalue weighted by atomic mass is 19.1. The molecule has 0 bridgehead atoms. The van der Waals surface area contributed by atoms with Gasteiger partial charge in [-0.3, -0.25) is 4.98 Å². The first-order valence-electron chi connectivity index (χ1n) is 11.9. The van der Waals surface area contributed by atoms with Crippen molar-refractivity contribution in [2.45, 2.75) is 65.4 Å². The lowest BCUT2D eigenvalue weighted by Gasteiger charge is -2.45. The van der Waals surface area contributed by atoms with Gasteiger partial charge in [-0.15, -0.1) is 0 Å². The van der Waals surface area contributed by atoms with Gasteiger partial charge in [-0.1, -0.05) is 71.0 Å². The molecule has 0 saturated heterocycles. The lowest BCUT2D eigenvalue weighted by Crippen LogP contribution is -2.49. The highest BCUT2D eigenvalue weighted by Gasteiger charge is 2.45. The number of pyridine rings is 1. The van der Waals surface area contributed by atoms with Crippen LogP contribution in [0.4, 0.5) is 4.39 Å². The highest BCUT2D eigenvalue weighted by Crippen LogP contribution is 2.44. The molecule has 2 aromatic heterocycles. The summed E-state index contributed by atoms with van der Waals surface area (Å²) in [6.45, 7) is 12.4. The van der Waals surface area contributed by atoms with Gasteiger partial charge in [0.05, 0.1) is 23.0 Å². The van der Waals surface area contributed by atoms with E-state index in [0.29, 0.717) is 12.8 Å². The zero-order valence-corrected chi connectivity index (χ0v) is 21.0. The van der Waals surface area contributed by atoms with Gasteiger partial charge in [-0.25, -0.2) is 4.39 Å². The van der Waals surface area contributed by atoms with Crippen LogP contribution in [0, 0.1) is 18.2 Å².